The fraction of sp³-hybridized carbons (Fsp3) is 0.500. The molecule has 0 aliphatic heterocycles. The molecular formula is C12H16N2O3. The lowest BCUT2D eigenvalue weighted by Gasteiger charge is -2.10. The van der Waals surface area contributed by atoms with E-state index in [-0.39, 0.29) is 24.4 Å². The maximum absolute atomic E-state index is 12.1. The summed E-state index contributed by atoms with van der Waals surface area (Å²) in [7, 11) is 1.68. The highest BCUT2D eigenvalue weighted by atomic mass is 16.2. The van der Waals surface area contributed by atoms with Crippen molar-refractivity contribution in [3.05, 3.63) is 18.0 Å². The van der Waals surface area contributed by atoms with Gasteiger partial charge in [-0.1, -0.05) is 13.8 Å². The number of aryl methyl sites for hydroxylation is 1. The van der Waals surface area contributed by atoms with Gasteiger partial charge in [-0.05, 0) is 0 Å². The first-order valence-corrected chi connectivity index (χ1v) is 5.59. The molecule has 5 nitrogen and oxygen atoms in total. The fourth-order valence-corrected chi connectivity index (χ4v) is 1.60. The van der Waals surface area contributed by atoms with Crippen molar-refractivity contribution in [2.24, 2.45) is 13.0 Å². The van der Waals surface area contributed by atoms with Crippen LogP contribution in [0.3, 0.4) is 0 Å². The Kier molecular flexibility index (Phi) is 4.31. The van der Waals surface area contributed by atoms with E-state index in [1.165, 1.54) is 17.1 Å². The topological polar surface area (TPSA) is 69.0 Å². The lowest BCUT2D eigenvalue weighted by molar-refractivity contribution is -0.130. The summed E-state index contributed by atoms with van der Waals surface area (Å²) in [6, 6.07) is 0. The minimum absolute atomic E-state index is 0.183. The first-order chi connectivity index (χ1) is 8.01. The molecule has 0 fully saturated rings. The van der Waals surface area contributed by atoms with Crippen LogP contribution >= 0.6 is 0 Å². The van der Waals surface area contributed by atoms with Crippen LogP contribution in [0.25, 0.3) is 0 Å². The molecule has 0 N–H and O–H groups in total. The van der Waals surface area contributed by atoms with Crippen LogP contribution in [-0.2, 0) is 16.6 Å². The molecule has 1 aromatic heterocycles. The van der Waals surface area contributed by atoms with Gasteiger partial charge >= 0.3 is 0 Å². The molecule has 92 valence electrons. The number of hydrogen-bond donors (Lipinski definition) is 0. The Labute approximate surface area is 99.8 Å². The smallest absolute Gasteiger partial charge is 0.183 e. The number of rotatable bonds is 6. The first-order valence-electron chi connectivity index (χ1n) is 5.59. The first kappa shape index (κ1) is 13.3. The van der Waals surface area contributed by atoms with Gasteiger partial charge in [0.2, 0.25) is 0 Å². The summed E-state index contributed by atoms with van der Waals surface area (Å²) in [6.45, 7) is 3.30. The molecule has 1 rings (SSSR count). The Bertz CT molecular complexity index is 432. The van der Waals surface area contributed by atoms with Gasteiger partial charge in [0.25, 0.3) is 0 Å². The zero-order chi connectivity index (χ0) is 13.0. The average molecular weight is 236 g/mol. The van der Waals surface area contributed by atoms with Crippen molar-refractivity contribution in [1.82, 2.24) is 9.78 Å². The molecule has 0 amide bonds. The molecule has 5 heteroatoms. The Hall–Kier alpha value is -1.78. The van der Waals surface area contributed by atoms with Crippen LogP contribution < -0.4 is 0 Å². The summed E-state index contributed by atoms with van der Waals surface area (Å²) >= 11 is 0. The quantitative estimate of drug-likeness (QED) is 0.549. The molecule has 0 aromatic carbocycles. The van der Waals surface area contributed by atoms with E-state index >= 15 is 0 Å². The number of nitrogens with zero attached hydrogens (tertiary/aromatic N) is 2. The number of hydrogen-bond acceptors (Lipinski definition) is 4. The van der Waals surface area contributed by atoms with Crippen LogP contribution in [0.1, 0.15) is 37.0 Å². The molecule has 0 bridgehead atoms. The Balaban J connectivity index is 3.02. The molecular weight excluding hydrogens is 220 g/mol. The number of carbonyl (C=O) groups is 3. The van der Waals surface area contributed by atoms with Crippen LogP contribution in [0.15, 0.2) is 12.4 Å². The van der Waals surface area contributed by atoms with E-state index in [4.69, 9.17) is 0 Å². The van der Waals surface area contributed by atoms with Crippen LogP contribution in [0, 0.1) is 5.92 Å². The number of carbonyl (C=O) groups excluding carboxylic acids is 3. The predicted molar refractivity (Wildman–Crippen MR) is 61.6 cm³/mol. The summed E-state index contributed by atoms with van der Waals surface area (Å²) < 4.78 is 1.47. The van der Waals surface area contributed by atoms with Crippen molar-refractivity contribution < 1.29 is 14.4 Å². The summed E-state index contributed by atoms with van der Waals surface area (Å²) in [5.74, 6) is -2.26. The lowest BCUT2D eigenvalue weighted by Crippen LogP contribution is -2.31. The van der Waals surface area contributed by atoms with Crippen molar-refractivity contribution in [3.8, 4) is 0 Å². The van der Waals surface area contributed by atoms with Gasteiger partial charge in [-0.2, -0.15) is 5.10 Å². The summed E-state index contributed by atoms with van der Waals surface area (Å²) in [5.41, 5.74) is 0.307. The Morgan fingerprint density at radius 2 is 1.76 bits per heavy atom. The highest BCUT2D eigenvalue weighted by Crippen LogP contribution is 2.14. The van der Waals surface area contributed by atoms with Crippen molar-refractivity contribution >= 4 is 17.3 Å². The third-order valence-corrected chi connectivity index (χ3v) is 2.59. The molecule has 0 aliphatic rings. The predicted octanol–water partition coefficient (Wildman–Crippen LogP) is 1.18. The maximum Gasteiger partial charge on any atom is 0.183 e. The van der Waals surface area contributed by atoms with Crippen molar-refractivity contribution in [1.29, 1.82) is 0 Å². The molecule has 17 heavy (non-hydrogen) atoms. The standard InChI is InChI=1S/C12H16N2O3/c1-4-9(15)11(10(16)5-2)12(17)8-6-13-14(3)7-8/h6-7,11H,4-5H2,1-3H3. The third kappa shape index (κ3) is 2.87. The van der Waals surface area contributed by atoms with Gasteiger partial charge in [0, 0.05) is 26.1 Å². The zero-order valence-electron chi connectivity index (χ0n) is 10.3. The van der Waals surface area contributed by atoms with E-state index in [1.807, 2.05) is 0 Å². The molecule has 0 aliphatic carbocycles. The van der Waals surface area contributed by atoms with E-state index in [2.05, 4.69) is 5.10 Å². The molecule has 0 saturated heterocycles. The Morgan fingerprint density at radius 1 is 1.24 bits per heavy atom. The van der Waals surface area contributed by atoms with E-state index in [0.717, 1.165) is 0 Å². The van der Waals surface area contributed by atoms with Crippen molar-refractivity contribution in [2.75, 3.05) is 0 Å². The van der Waals surface area contributed by atoms with Gasteiger partial charge in [0.1, 0.15) is 5.92 Å². The van der Waals surface area contributed by atoms with Crippen molar-refractivity contribution in [2.45, 2.75) is 26.7 Å². The van der Waals surface area contributed by atoms with E-state index in [1.54, 1.807) is 20.9 Å². The van der Waals surface area contributed by atoms with Crippen LogP contribution in [0.2, 0.25) is 0 Å². The molecule has 1 aromatic rings. The zero-order valence-corrected chi connectivity index (χ0v) is 10.3. The minimum Gasteiger partial charge on any atom is -0.298 e. The number of Topliss-reactive ketones (excluding diaryl/α,β-unsaturated/α-hetero) is 3. The van der Waals surface area contributed by atoms with Gasteiger partial charge in [0.05, 0.1) is 11.8 Å². The van der Waals surface area contributed by atoms with Gasteiger partial charge in [-0.15, -0.1) is 0 Å². The lowest BCUT2D eigenvalue weighted by atomic mass is 9.89. The summed E-state index contributed by atoms with van der Waals surface area (Å²) in [5, 5.41) is 3.86. The second-order valence-corrected chi connectivity index (χ2v) is 3.84. The fourth-order valence-electron chi connectivity index (χ4n) is 1.60. The molecule has 0 spiro atoms. The SMILES string of the molecule is CCC(=O)C(C(=O)CC)C(=O)c1cnn(C)c1. The summed E-state index contributed by atoms with van der Waals surface area (Å²) in [4.78, 5) is 35.4. The Morgan fingerprint density at radius 3 is 2.12 bits per heavy atom. The van der Waals surface area contributed by atoms with Crippen LogP contribution in [-0.4, -0.2) is 27.1 Å². The summed E-state index contributed by atoms with van der Waals surface area (Å²) in [6.07, 6.45) is 3.26. The van der Waals surface area contributed by atoms with E-state index in [0.29, 0.717) is 5.56 Å². The molecule has 0 unspecified atom stereocenters. The molecule has 0 atom stereocenters. The minimum atomic E-state index is -1.16. The van der Waals surface area contributed by atoms with E-state index in [9.17, 15) is 14.4 Å². The average Bonchev–Trinajstić information content (AvgIpc) is 2.75. The normalized spacial score (nSPS) is 10.6. The van der Waals surface area contributed by atoms with Crippen LogP contribution in [0.5, 0.6) is 0 Å². The second kappa shape index (κ2) is 5.52. The van der Waals surface area contributed by atoms with E-state index < -0.39 is 11.7 Å². The number of aromatic nitrogens is 2. The highest BCUT2D eigenvalue weighted by Gasteiger charge is 2.32. The third-order valence-electron chi connectivity index (χ3n) is 2.59. The van der Waals surface area contributed by atoms with Gasteiger partial charge in [-0.3, -0.25) is 19.1 Å². The van der Waals surface area contributed by atoms with Gasteiger partial charge in [0.15, 0.2) is 17.3 Å². The maximum atomic E-state index is 12.1. The van der Waals surface area contributed by atoms with Gasteiger partial charge in [-0.25, -0.2) is 0 Å². The van der Waals surface area contributed by atoms with Crippen molar-refractivity contribution in [3.63, 3.8) is 0 Å². The molecule has 1 heterocycles. The highest BCUT2D eigenvalue weighted by molar-refractivity contribution is 6.23. The molecule has 0 radical (unpaired) electrons. The monoisotopic (exact) mass is 236 g/mol. The second-order valence-electron chi connectivity index (χ2n) is 3.84. The largest absolute Gasteiger partial charge is 0.298 e. The van der Waals surface area contributed by atoms with Gasteiger partial charge < -0.3 is 0 Å². The number of ketones is 3. The van der Waals surface area contributed by atoms with Crippen LogP contribution in [0.4, 0.5) is 0 Å². The molecule has 0 saturated carbocycles.